The van der Waals surface area contributed by atoms with Gasteiger partial charge in [-0.1, -0.05) is 35.5 Å². The van der Waals surface area contributed by atoms with Crippen molar-refractivity contribution >= 4 is 52.9 Å². The second-order valence-corrected chi connectivity index (χ2v) is 14.1. The van der Waals surface area contributed by atoms with Crippen molar-refractivity contribution in [2.45, 2.75) is 54.9 Å². The Balaban J connectivity index is 1.50. The van der Waals surface area contributed by atoms with Gasteiger partial charge in [0.05, 0.1) is 24.5 Å². The Bertz CT molecular complexity index is 2210. The van der Waals surface area contributed by atoms with Gasteiger partial charge in [-0.3, -0.25) is 9.59 Å². The van der Waals surface area contributed by atoms with Crippen molar-refractivity contribution in [2.75, 3.05) is 32.2 Å². The fourth-order valence-corrected chi connectivity index (χ4v) is 5.94. The number of halogens is 1. The van der Waals surface area contributed by atoms with E-state index in [9.17, 15) is 29.7 Å². The second-order valence-electron chi connectivity index (χ2n) is 12.7. The molecule has 0 aliphatic rings. The highest BCUT2D eigenvalue weighted by atomic mass is 35.5. The largest absolute Gasteiger partial charge is 0.490 e. The number of hydrogen-bond acceptors (Lipinski definition) is 18. The summed E-state index contributed by atoms with van der Waals surface area (Å²) in [5, 5.41) is 43.9. The molecule has 0 fully saturated rings. The zero-order chi connectivity index (χ0) is 43.2. The molecular weight excluding hydrogens is 810 g/mol. The molecule has 0 radical (unpaired) electrons. The molecule has 21 heteroatoms. The average molecular weight is 850 g/mol. The van der Waals surface area contributed by atoms with E-state index in [-0.39, 0.29) is 45.6 Å². The number of amides is 2. The summed E-state index contributed by atoms with van der Waals surface area (Å²) in [7, 11) is 0. The molecule has 2 amide bonds. The average Bonchev–Trinajstić information content (AvgIpc) is 3.72. The summed E-state index contributed by atoms with van der Waals surface area (Å²) in [5.41, 5.74) is 19.2. The molecule has 0 spiro atoms. The minimum absolute atomic E-state index is 0.0234. The maximum absolute atomic E-state index is 12.9. The molecule has 0 saturated heterocycles. The normalized spacial score (nSPS) is 13.4. The Kier molecular flexibility index (Phi) is 16.5. The smallest absolute Gasteiger partial charge is 0.328 e. The van der Waals surface area contributed by atoms with Gasteiger partial charge in [-0.05, 0) is 55.8 Å². The number of nitriles is 2. The Hall–Kier alpha value is -6.26. The van der Waals surface area contributed by atoms with Crippen molar-refractivity contribution in [2.24, 2.45) is 11.5 Å². The van der Waals surface area contributed by atoms with Crippen LogP contribution >= 0.6 is 23.4 Å². The third kappa shape index (κ3) is 12.4. The fraction of sp³-hybridized carbons (Fsp3) is 0.316. The van der Waals surface area contributed by atoms with Crippen molar-refractivity contribution in [1.29, 1.82) is 10.5 Å². The number of carbonyl (C=O) groups is 4. The number of aliphatic hydroxyl groups is 2. The summed E-state index contributed by atoms with van der Waals surface area (Å²) >= 11 is 7.15. The van der Waals surface area contributed by atoms with Gasteiger partial charge in [0.25, 0.3) is 0 Å². The zero-order valence-corrected chi connectivity index (χ0v) is 33.2. The van der Waals surface area contributed by atoms with Crippen LogP contribution in [-0.4, -0.2) is 101 Å². The van der Waals surface area contributed by atoms with Gasteiger partial charge >= 0.3 is 11.9 Å². The zero-order valence-electron chi connectivity index (χ0n) is 31.6. The number of oxazole rings is 1. The highest BCUT2D eigenvalue weighted by Gasteiger charge is 2.27. The first kappa shape index (κ1) is 45.4. The first-order valence-corrected chi connectivity index (χ1v) is 19.0. The SMILES string of the molecule is C[C@H](NC(=O)[C@@H](N)CO)C(=O)OC[C@H](COc1ccc(-c2c(C#N)c(N)nc(SCc3coc(-c4ccc(Cl)cc4)n3)c2C#N)cc1)OC(=O)[C@H](C)NC(=O)[C@@H](N)CO. The molecule has 0 aliphatic carbocycles. The van der Waals surface area contributed by atoms with Crippen LogP contribution in [-0.2, 0) is 34.4 Å². The van der Waals surface area contributed by atoms with Gasteiger partial charge in [0, 0.05) is 21.9 Å². The van der Waals surface area contributed by atoms with Crippen LogP contribution in [0.4, 0.5) is 5.82 Å². The lowest BCUT2D eigenvalue weighted by atomic mass is 9.97. The van der Waals surface area contributed by atoms with Crippen LogP contribution in [0.2, 0.25) is 5.02 Å². The van der Waals surface area contributed by atoms with Crippen LogP contribution in [0.1, 0.15) is 30.7 Å². The van der Waals surface area contributed by atoms with Crippen molar-refractivity contribution < 1.29 is 48.0 Å². The lowest BCUT2D eigenvalue weighted by molar-refractivity contribution is -0.163. The van der Waals surface area contributed by atoms with Crippen molar-refractivity contribution in [3.05, 3.63) is 76.6 Å². The van der Waals surface area contributed by atoms with Gasteiger partial charge in [-0.25, -0.2) is 19.6 Å². The molecule has 19 nitrogen and oxygen atoms in total. The number of hydrogen-bond donors (Lipinski definition) is 7. The first-order valence-electron chi connectivity index (χ1n) is 17.6. The minimum Gasteiger partial charge on any atom is -0.490 e. The molecule has 2 aromatic heterocycles. The monoisotopic (exact) mass is 849 g/mol. The molecule has 4 aromatic rings. The molecule has 0 bridgehead atoms. The predicted octanol–water partition coefficient (Wildman–Crippen LogP) is 1.16. The van der Waals surface area contributed by atoms with E-state index in [0.717, 1.165) is 5.56 Å². The Morgan fingerprint density at radius 3 is 2.02 bits per heavy atom. The lowest BCUT2D eigenvalue weighted by Crippen LogP contribution is -2.50. The fourth-order valence-electron chi connectivity index (χ4n) is 4.95. The summed E-state index contributed by atoms with van der Waals surface area (Å²) < 4.78 is 22.2. The number of aliphatic hydroxyl groups excluding tert-OH is 2. The molecular formula is C38H40ClN9O10S. The third-order valence-corrected chi connectivity index (χ3v) is 9.44. The van der Waals surface area contributed by atoms with Crippen LogP contribution in [0.15, 0.2) is 64.2 Å². The summed E-state index contributed by atoms with van der Waals surface area (Å²) in [4.78, 5) is 58.5. The molecule has 2 aromatic carbocycles. The molecule has 4 rings (SSSR count). The Morgan fingerprint density at radius 2 is 1.44 bits per heavy atom. The number of nitrogens with two attached hydrogens (primary N) is 3. The van der Waals surface area contributed by atoms with Crippen LogP contribution < -0.4 is 32.6 Å². The summed E-state index contributed by atoms with van der Waals surface area (Å²) in [5.74, 6) is -2.75. The number of aromatic nitrogens is 2. The second kappa shape index (κ2) is 21.5. The number of esters is 2. The standard InChI is InChI=1S/C38H40ClN9O10S/c1-19(45-33(51)29(42)13-49)37(53)57-17-26(58-38(54)20(2)46-34(52)30(43)14-50)16-55-25-9-5-21(6-10-25)31-27(11-40)32(44)48-36(28(31)12-41)59-18-24-15-56-35(47-24)22-3-7-23(39)8-4-22/h3-10,15,19-20,26,29-30,49-50H,13-14,16-18,42-43H2,1-2H3,(H2,44,48)(H,45,51)(H,46,52)/t19-,20-,26-,29-,30-/m0/s1. The maximum atomic E-state index is 12.9. The van der Waals surface area contributed by atoms with Crippen molar-refractivity contribution in [1.82, 2.24) is 20.6 Å². The number of benzene rings is 2. The number of anilines is 1. The van der Waals surface area contributed by atoms with Gasteiger partial charge in [0.1, 0.15) is 77.9 Å². The molecule has 5 atom stereocenters. The van der Waals surface area contributed by atoms with E-state index < -0.39 is 73.8 Å². The lowest BCUT2D eigenvalue weighted by Gasteiger charge is -2.23. The molecule has 0 saturated carbocycles. The molecule has 59 heavy (non-hydrogen) atoms. The van der Waals surface area contributed by atoms with E-state index in [1.165, 1.54) is 44.0 Å². The highest BCUT2D eigenvalue weighted by molar-refractivity contribution is 7.98. The van der Waals surface area contributed by atoms with Gasteiger partial charge in [-0.2, -0.15) is 10.5 Å². The number of nitrogens with one attached hydrogen (secondary N) is 2. The molecule has 310 valence electrons. The molecule has 0 aliphatic heterocycles. The third-order valence-electron chi connectivity index (χ3n) is 8.18. The maximum Gasteiger partial charge on any atom is 0.328 e. The van der Waals surface area contributed by atoms with E-state index in [1.54, 1.807) is 36.4 Å². The topological polar surface area (TPSA) is 325 Å². The van der Waals surface area contributed by atoms with E-state index >= 15 is 0 Å². The number of nitrogen functional groups attached to an aromatic ring is 1. The summed E-state index contributed by atoms with van der Waals surface area (Å²) in [6.45, 7) is 0.352. The van der Waals surface area contributed by atoms with E-state index in [2.05, 4.69) is 26.7 Å². The number of thioether (sulfide) groups is 1. The van der Waals surface area contributed by atoms with E-state index in [0.29, 0.717) is 22.2 Å². The molecule has 10 N–H and O–H groups in total. The van der Waals surface area contributed by atoms with Gasteiger partial charge < -0.3 is 56.7 Å². The number of carbonyl (C=O) groups excluding carboxylic acids is 4. The van der Waals surface area contributed by atoms with Crippen LogP contribution in [0, 0.1) is 22.7 Å². The van der Waals surface area contributed by atoms with Gasteiger partial charge in [0.2, 0.25) is 17.7 Å². The van der Waals surface area contributed by atoms with Crippen LogP contribution in [0.3, 0.4) is 0 Å². The number of nitrogens with zero attached hydrogens (tertiary/aromatic N) is 4. The van der Waals surface area contributed by atoms with E-state index in [1.807, 2.05) is 6.07 Å². The van der Waals surface area contributed by atoms with Crippen molar-refractivity contribution in [3.63, 3.8) is 0 Å². The highest BCUT2D eigenvalue weighted by Crippen LogP contribution is 2.37. The first-order chi connectivity index (χ1) is 28.2. The predicted molar refractivity (Wildman–Crippen MR) is 212 cm³/mol. The Morgan fingerprint density at radius 1 is 0.864 bits per heavy atom. The van der Waals surface area contributed by atoms with Crippen molar-refractivity contribution in [3.8, 4) is 40.5 Å². The summed E-state index contributed by atoms with van der Waals surface area (Å²) in [6.07, 6.45) is 0.219. The number of rotatable bonds is 19. The quantitative estimate of drug-likeness (QED) is 0.0514. The summed E-state index contributed by atoms with van der Waals surface area (Å²) in [6, 6.07) is 12.3. The number of pyridine rings is 1. The van der Waals surface area contributed by atoms with Gasteiger partial charge in [0.15, 0.2) is 6.10 Å². The minimum atomic E-state index is -1.29. The molecule has 2 heterocycles. The van der Waals surface area contributed by atoms with Gasteiger partial charge in [-0.15, -0.1) is 0 Å². The van der Waals surface area contributed by atoms with Crippen LogP contribution in [0.5, 0.6) is 5.75 Å². The molecule has 0 unspecified atom stereocenters. The number of ether oxygens (including phenoxy) is 3. The van der Waals surface area contributed by atoms with E-state index in [4.69, 9.17) is 57.6 Å². The Labute approximate surface area is 346 Å². The van der Waals surface area contributed by atoms with Crippen LogP contribution in [0.25, 0.3) is 22.6 Å².